The SMILES string of the molecule is O=C(Nc1cnn2ccc(N3C[C@@H](O)C[C@@H]3c3cc(F)ccc3F)nc12)N[C@@H]1C[C@H]1O. The molecule has 4 atom stereocenters. The van der Waals surface area contributed by atoms with Crippen LogP contribution in [0.15, 0.2) is 36.7 Å². The van der Waals surface area contributed by atoms with Crippen LogP contribution in [0.3, 0.4) is 0 Å². The maximum Gasteiger partial charge on any atom is 0.319 e. The van der Waals surface area contributed by atoms with Crippen molar-refractivity contribution in [1.82, 2.24) is 19.9 Å². The van der Waals surface area contributed by atoms with Crippen LogP contribution in [0.5, 0.6) is 0 Å². The molecule has 1 saturated carbocycles. The summed E-state index contributed by atoms with van der Waals surface area (Å²) < 4.78 is 29.6. The molecule has 2 amide bonds. The van der Waals surface area contributed by atoms with Crippen molar-refractivity contribution in [3.05, 3.63) is 53.9 Å². The Balaban J connectivity index is 1.44. The monoisotopic (exact) mass is 430 g/mol. The third-order valence-electron chi connectivity index (χ3n) is 5.57. The topological polar surface area (TPSA) is 115 Å². The van der Waals surface area contributed by atoms with Gasteiger partial charge in [0.2, 0.25) is 0 Å². The van der Waals surface area contributed by atoms with Gasteiger partial charge in [0.05, 0.1) is 30.5 Å². The van der Waals surface area contributed by atoms with Crippen molar-refractivity contribution < 1.29 is 23.8 Å². The smallest absolute Gasteiger partial charge is 0.319 e. The van der Waals surface area contributed by atoms with Gasteiger partial charge < -0.3 is 25.7 Å². The summed E-state index contributed by atoms with van der Waals surface area (Å²) in [6.45, 7) is 0.195. The van der Waals surface area contributed by atoms with Gasteiger partial charge in [0.15, 0.2) is 5.65 Å². The Morgan fingerprint density at radius 2 is 2.00 bits per heavy atom. The number of β-amino-alcohol motifs (C(OH)–C–C–N with tert-alkyl or cyclic N) is 1. The molecule has 9 nitrogen and oxygen atoms in total. The quantitative estimate of drug-likeness (QED) is 0.500. The minimum absolute atomic E-state index is 0.146. The molecule has 2 aliphatic rings. The first-order valence-electron chi connectivity index (χ1n) is 9.88. The summed E-state index contributed by atoms with van der Waals surface area (Å²) in [5, 5.41) is 29.0. The van der Waals surface area contributed by atoms with Crippen molar-refractivity contribution in [2.45, 2.75) is 37.1 Å². The second-order valence-corrected chi connectivity index (χ2v) is 7.84. The highest BCUT2D eigenvalue weighted by Gasteiger charge is 2.37. The third kappa shape index (κ3) is 3.77. The fourth-order valence-corrected chi connectivity index (χ4v) is 3.90. The standard InChI is InChI=1S/C20H20F2N6O3/c21-10-1-2-13(22)12(5-10)16-6-11(29)9-27(16)18-3-4-28-19(26-18)15(8-23-28)25-20(31)24-14-7-17(14)30/h1-5,8,11,14,16-17,29-30H,6-7,9H2,(H2,24,25,31)/t11-,14+,16+,17+/m0/s1. The second kappa shape index (κ2) is 7.43. The number of carbonyl (C=O) groups is 1. The molecule has 0 spiro atoms. The van der Waals surface area contributed by atoms with E-state index in [2.05, 4.69) is 20.7 Å². The zero-order valence-corrected chi connectivity index (χ0v) is 16.2. The van der Waals surface area contributed by atoms with Crippen LogP contribution in [0.1, 0.15) is 24.4 Å². The first-order valence-corrected chi connectivity index (χ1v) is 9.88. The number of halogens is 2. The number of aliphatic hydroxyl groups excluding tert-OH is 2. The molecule has 1 aliphatic carbocycles. The molecule has 3 aromatic rings. The summed E-state index contributed by atoms with van der Waals surface area (Å²) in [5.74, 6) is -0.688. The summed E-state index contributed by atoms with van der Waals surface area (Å²) >= 11 is 0. The molecule has 31 heavy (non-hydrogen) atoms. The summed E-state index contributed by atoms with van der Waals surface area (Å²) in [4.78, 5) is 18.4. The Bertz CT molecular complexity index is 1160. The van der Waals surface area contributed by atoms with Crippen molar-refractivity contribution in [1.29, 1.82) is 0 Å². The van der Waals surface area contributed by atoms with Crippen LogP contribution in [0, 0.1) is 11.6 Å². The normalized spacial score (nSPS) is 25.1. The molecule has 162 valence electrons. The van der Waals surface area contributed by atoms with E-state index >= 15 is 0 Å². The van der Waals surface area contributed by atoms with Crippen LogP contribution in [0.25, 0.3) is 5.65 Å². The van der Waals surface area contributed by atoms with Crippen molar-refractivity contribution in [3.63, 3.8) is 0 Å². The lowest BCUT2D eigenvalue weighted by Crippen LogP contribution is -2.32. The lowest BCUT2D eigenvalue weighted by atomic mass is 10.0. The molecule has 0 radical (unpaired) electrons. The van der Waals surface area contributed by atoms with Crippen molar-refractivity contribution >= 4 is 23.2 Å². The number of aromatic nitrogens is 3. The van der Waals surface area contributed by atoms with Gasteiger partial charge in [0.1, 0.15) is 23.1 Å². The van der Waals surface area contributed by atoms with E-state index in [4.69, 9.17) is 0 Å². The predicted molar refractivity (Wildman–Crippen MR) is 107 cm³/mol. The number of carbonyl (C=O) groups excluding carboxylic acids is 1. The van der Waals surface area contributed by atoms with Gasteiger partial charge in [-0.25, -0.2) is 23.1 Å². The van der Waals surface area contributed by atoms with Crippen molar-refractivity contribution in [3.8, 4) is 0 Å². The Hall–Kier alpha value is -3.31. The Labute approximate surface area is 175 Å². The lowest BCUT2D eigenvalue weighted by Gasteiger charge is -2.26. The van der Waals surface area contributed by atoms with Crippen LogP contribution in [0.4, 0.5) is 25.1 Å². The fourth-order valence-electron chi connectivity index (χ4n) is 3.90. The van der Waals surface area contributed by atoms with E-state index < -0.39 is 35.9 Å². The number of amides is 2. The summed E-state index contributed by atoms with van der Waals surface area (Å²) in [6, 6.07) is 3.56. The molecule has 1 saturated heterocycles. The number of fused-ring (bicyclic) bond motifs is 1. The molecule has 0 unspecified atom stereocenters. The maximum absolute atomic E-state index is 14.4. The average molecular weight is 430 g/mol. The minimum atomic E-state index is -0.732. The molecule has 2 aromatic heterocycles. The molecule has 2 fully saturated rings. The van der Waals surface area contributed by atoms with E-state index in [0.717, 1.165) is 18.2 Å². The molecule has 4 N–H and O–H groups in total. The van der Waals surface area contributed by atoms with Gasteiger partial charge in [-0.3, -0.25) is 0 Å². The number of anilines is 2. The predicted octanol–water partition coefficient (Wildman–Crippen LogP) is 1.57. The number of aliphatic hydroxyl groups is 2. The zero-order chi connectivity index (χ0) is 21.7. The van der Waals surface area contributed by atoms with E-state index in [1.165, 1.54) is 10.7 Å². The summed E-state index contributed by atoms with van der Waals surface area (Å²) in [6.07, 6.45) is 2.56. The minimum Gasteiger partial charge on any atom is -0.391 e. The van der Waals surface area contributed by atoms with Gasteiger partial charge >= 0.3 is 6.03 Å². The molecular weight excluding hydrogens is 410 g/mol. The molecule has 1 aliphatic heterocycles. The van der Waals surface area contributed by atoms with Gasteiger partial charge in [-0.15, -0.1) is 0 Å². The van der Waals surface area contributed by atoms with Crippen LogP contribution >= 0.6 is 0 Å². The fraction of sp³-hybridized carbons (Fsp3) is 0.350. The molecule has 11 heteroatoms. The highest BCUT2D eigenvalue weighted by atomic mass is 19.1. The lowest BCUT2D eigenvalue weighted by molar-refractivity contribution is 0.194. The number of benzene rings is 1. The number of rotatable bonds is 4. The first-order chi connectivity index (χ1) is 14.9. The van der Waals surface area contributed by atoms with Crippen molar-refractivity contribution in [2.75, 3.05) is 16.8 Å². The molecule has 5 rings (SSSR count). The largest absolute Gasteiger partial charge is 0.391 e. The Kier molecular flexibility index (Phi) is 4.71. The number of nitrogens with zero attached hydrogens (tertiary/aromatic N) is 4. The average Bonchev–Trinajstić information content (AvgIpc) is 3.11. The molecule has 1 aromatic carbocycles. The zero-order valence-electron chi connectivity index (χ0n) is 16.2. The number of nitrogens with one attached hydrogen (secondary N) is 2. The highest BCUT2D eigenvalue weighted by molar-refractivity contribution is 5.93. The Morgan fingerprint density at radius 1 is 1.19 bits per heavy atom. The van der Waals surface area contributed by atoms with E-state index in [1.807, 2.05) is 0 Å². The first kappa shape index (κ1) is 19.6. The van der Waals surface area contributed by atoms with Crippen LogP contribution in [-0.2, 0) is 0 Å². The van der Waals surface area contributed by atoms with E-state index in [-0.39, 0.29) is 24.6 Å². The van der Waals surface area contributed by atoms with Crippen LogP contribution < -0.4 is 15.5 Å². The maximum atomic E-state index is 14.4. The van der Waals surface area contributed by atoms with E-state index in [9.17, 15) is 23.8 Å². The summed E-state index contributed by atoms with van der Waals surface area (Å²) in [5.41, 5.74) is 0.846. The Morgan fingerprint density at radius 3 is 2.77 bits per heavy atom. The van der Waals surface area contributed by atoms with Gasteiger partial charge in [0, 0.05) is 18.3 Å². The number of urea groups is 1. The van der Waals surface area contributed by atoms with Gasteiger partial charge in [-0.2, -0.15) is 5.10 Å². The third-order valence-corrected chi connectivity index (χ3v) is 5.57. The van der Waals surface area contributed by atoms with Crippen LogP contribution in [0.2, 0.25) is 0 Å². The van der Waals surface area contributed by atoms with Gasteiger partial charge in [-0.1, -0.05) is 0 Å². The highest BCUT2D eigenvalue weighted by Crippen LogP contribution is 2.37. The molecule has 0 bridgehead atoms. The van der Waals surface area contributed by atoms with E-state index in [0.29, 0.717) is 23.6 Å². The second-order valence-electron chi connectivity index (χ2n) is 7.84. The molecule has 3 heterocycles. The van der Waals surface area contributed by atoms with Gasteiger partial charge in [0.25, 0.3) is 0 Å². The number of hydrogen-bond acceptors (Lipinski definition) is 6. The number of hydrogen-bond donors (Lipinski definition) is 4. The van der Waals surface area contributed by atoms with Crippen molar-refractivity contribution in [2.24, 2.45) is 0 Å². The van der Waals surface area contributed by atoms with Crippen LogP contribution in [-0.4, -0.2) is 55.6 Å². The molecular formula is C20H20F2N6O3. The van der Waals surface area contributed by atoms with E-state index in [1.54, 1.807) is 17.2 Å². The summed E-state index contributed by atoms with van der Waals surface area (Å²) in [7, 11) is 0. The van der Waals surface area contributed by atoms with Gasteiger partial charge in [-0.05, 0) is 37.1 Å².